The summed E-state index contributed by atoms with van der Waals surface area (Å²) in [7, 11) is 0. The molecule has 0 saturated heterocycles. The van der Waals surface area contributed by atoms with E-state index in [0.717, 1.165) is 55.8 Å². The molecule has 0 bridgehead atoms. The first-order chi connectivity index (χ1) is 13.4. The van der Waals surface area contributed by atoms with E-state index >= 15 is 0 Å². The third kappa shape index (κ3) is 1.60. The lowest BCUT2D eigenvalue weighted by Gasteiger charge is -2.27. The number of rotatable bonds is 0. The van der Waals surface area contributed by atoms with Crippen molar-refractivity contribution in [2.75, 3.05) is 0 Å². The van der Waals surface area contributed by atoms with Gasteiger partial charge in [0.25, 0.3) is 5.95 Å². The van der Waals surface area contributed by atoms with Crippen LogP contribution < -0.4 is 26.1 Å². The zero-order valence-corrected chi connectivity index (χ0v) is 14.1. The zero-order chi connectivity index (χ0) is 17.5. The molecule has 2 aliphatic rings. The van der Waals surface area contributed by atoms with E-state index in [0.29, 0.717) is 5.95 Å². The standard InChI is InChI=1S/C22H11BO4/c1-3-8-14-12(6-1)18-22(26-14)27-17-11-5-10-16-19(17)23(18)21-20(24-16)13-7-2-4-9-15(13)25-21/h1-11H. The fourth-order valence-corrected chi connectivity index (χ4v) is 4.33. The summed E-state index contributed by atoms with van der Waals surface area (Å²) >= 11 is 0. The van der Waals surface area contributed by atoms with Gasteiger partial charge in [0.2, 0.25) is 0 Å². The molecular formula is C22H11BO4. The van der Waals surface area contributed by atoms with Crippen LogP contribution in [0.2, 0.25) is 0 Å². The van der Waals surface area contributed by atoms with Crippen LogP contribution in [0.5, 0.6) is 23.2 Å². The molecule has 0 N–H and O–H groups in total. The van der Waals surface area contributed by atoms with Crippen molar-refractivity contribution in [2.24, 2.45) is 0 Å². The first-order valence-electron chi connectivity index (χ1n) is 8.90. The summed E-state index contributed by atoms with van der Waals surface area (Å²) in [6, 6.07) is 21.8. The van der Waals surface area contributed by atoms with E-state index in [1.165, 1.54) is 0 Å². The van der Waals surface area contributed by atoms with Crippen LogP contribution in [0.1, 0.15) is 0 Å². The second-order valence-electron chi connectivity index (χ2n) is 6.90. The molecule has 126 valence electrons. The Morgan fingerprint density at radius 3 is 2.15 bits per heavy atom. The lowest BCUT2D eigenvalue weighted by molar-refractivity contribution is 0.362. The van der Waals surface area contributed by atoms with E-state index in [1.807, 2.05) is 60.7 Å². The molecule has 0 aliphatic carbocycles. The van der Waals surface area contributed by atoms with Gasteiger partial charge < -0.3 is 18.3 Å². The van der Waals surface area contributed by atoms with Crippen LogP contribution in [0.4, 0.5) is 0 Å². The Morgan fingerprint density at radius 1 is 0.593 bits per heavy atom. The van der Waals surface area contributed by atoms with Gasteiger partial charge in [0.15, 0.2) is 5.75 Å². The summed E-state index contributed by atoms with van der Waals surface area (Å²) in [6.45, 7) is -0.125. The first kappa shape index (κ1) is 13.6. The van der Waals surface area contributed by atoms with Gasteiger partial charge >= 0.3 is 6.71 Å². The Kier molecular flexibility index (Phi) is 2.30. The number of benzene rings is 3. The Hall–Kier alpha value is -3.60. The van der Waals surface area contributed by atoms with Gasteiger partial charge in [-0.15, -0.1) is 0 Å². The third-order valence-electron chi connectivity index (χ3n) is 5.46. The number of fused-ring (bicyclic) bond motifs is 8. The fourth-order valence-electron chi connectivity index (χ4n) is 4.33. The SMILES string of the molecule is c1cc2c3c(c1)Oc1c(oc4ccccc14)B3c1c(oc3ccccc13)O2. The van der Waals surface area contributed by atoms with Gasteiger partial charge in [-0.05, 0) is 30.3 Å². The lowest BCUT2D eigenvalue weighted by Crippen LogP contribution is -2.56. The normalized spacial score (nSPS) is 13.7. The molecule has 27 heavy (non-hydrogen) atoms. The number of para-hydroxylation sites is 2. The van der Waals surface area contributed by atoms with Crippen LogP contribution in [0.25, 0.3) is 21.9 Å². The number of hydrogen-bond donors (Lipinski definition) is 0. The molecule has 0 amide bonds. The minimum absolute atomic E-state index is 0.125. The molecule has 0 atom stereocenters. The van der Waals surface area contributed by atoms with Crippen LogP contribution in [0.3, 0.4) is 0 Å². The minimum atomic E-state index is -0.125. The predicted molar refractivity (Wildman–Crippen MR) is 104 cm³/mol. The van der Waals surface area contributed by atoms with E-state index in [9.17, 15) is 0 Å². The van der Waals surface area contributed by atoms with Gasteiger partial charge in [0, 0.05) is 16.3 Å². The van der Waals surface area contributed by atoms with Gasteiger partial charge in [0.05, 0.1) is 5.39 Å². The summed E-state index contributed by atoms with van der Waals surface area (Å²) in [5, 5.41) is 2.01. The highest BCUT2D eigenvalue weighted by molar-refractivity contribution is 6.99. The molecule has 0 unspecified atom stereocenters. The molecule has 0 spiro atoms. The minimum Gasteiger partial charge on any atom is -0.466 e. The second-order valence-corrected chi connectivity index (χ2v) is 6.90. The largest absolute Gasteiger partial charge is 0.466 e. The van der Waals surface area contributed by atoms with Crippen LogP contribution in [-0.4, -0.2) is 6.71 Å². The fraction of sp³-hybridized carbons (Fsp3) is 0. The molecule has 0 saturated carbocycles. The molecule has 2 aliphatic heterocycles. The van der Waals surface area contributed by atoms with Crippen molar-refractivity contribution in [2.45, 2.75) is 0 Å². The zero-order valence-electron chi connectivity index (χ0n) is 14.1. The smallest absolute Gasteiger partial charge is 0.310 e. The van der Waals surface area contributed by atoms with Crippen molar-refractivity contribution in [3.63, 3.8) is 0 Å². The Bertz CT molecular complexity index is 1390. The maximum absolute atomic E-state index is 6.29. The number of ether oxygens (including phenoxy) is 2. The van der Waals surface area contributed by atoms with E-state index in [4.69, 9.17) is 18.3 Å². The molecule has 5 heteroatoms. The quantitative estimate of drug-likeness (QED) is 0.389. The van der Waals surface area contributed by atoms with Crippen molar-refractivity contribution in [3.05, 3.63) is 66.7 Å². The van der Waals surface area contributed by atoms with Crippen molar-refractivity contribution in [1.82, 2.24) is 0 Å². The number of hydrogen-bond acceptors (Lipinski definition) is 4. The average Bonchev–Trinajstić information content (AvgIpc) is 3.26. The van der Waals surface area contributed by atoms with Gasteiger partial charge in [-0.2, -0.15) is 0 Å². The Labute approximate surface area is 154 Å². The molecule has 0 radical (unpaired) electrons. The average molecular weight is 350 g/mol. The molecular weight excluding hydrogens is 339 g/mol. The van der Waals surface area contributed by atoms with Crippen LogP contribution >= 0.6 is 0 Å². The van der Waals surface area contributed by atoms with E-state index in [2.05, 4.69) is 6.07 Å². The topological polar surface area (TPSA) is 44.7 Å². The molecule has 4 nitrogen and oxygen atoms in total. The van der Waals surface area contributed by atoms with Crippen LogP contribution in [0.15, 0.2) is 75.6 Å². The van der Waals surface area contributed by atoms with Crippen molar-refractivity contribution in [1.29, 1.82) is 0 Å². The highest BCUT2D eigenvalue weighted by Gasteiger charge is 2.46. The maximum Gasteiger partial charge on any atom is 0.310 e. The van der Waals surface area contributed by atoms with E-state index < -0.39 is 0 Å². The first-order valence-corrected chi connectivity index (χ1v) is 8.90. The van der Waals surface area contributed by atoms with Gasteiger partial charge in [-0.3, -0.25) is 0 Å². The Balaban J connectivity index is 1.64. The maximum atomic E-state index is 6.29. The summed E-state index contributed by atoms with van der Waals surface area (Å²) in [4.78, 5) is 0. The highest BCUT2D eigenvalue weighted by Crippen LogP contribution is 2.40. The van der Waals surface area contributed by atoms with Gasteiger partial charge in [0.1, 0.15) is 28.3 Å². The monoisotopic (exact) mass is 350 g/mol. The van der Waals surface area contributed by atoms with Crippen LogP contribution in [-0.2, 0) is 0 Å². The summed E-state index contributed by atoms with van der Waals surface area (Å²) < 4.78 is 24.7. The lowest BCUT2D eigenvalue weighted by atomic mass is 9.37. The molecule has 5 aromatic rings. The van der Waals surface area contributed by atoms with Crippen LogP contribution in [0, 0.1) is 0 Å². The van der Waals surface area contributed by atoms with Gasteiger partial charge in [-0.1, -0.05) is 36.4 Å². The van der Waals surface area contributed by atoms with Crippen molar-refractivity contribution >= 4 is 45.2 Å². The molecule has 4 heterocycles. The molecule has 7 rings (SSSR count). The van der Waals surface area contributed by atoms with E-state index in [-0.39, 0.29) is 6.71 Å². The highest BCUT2D eigenvalue weighted by atomic mass is 16.6. The predicted octanol–water partition coefficient (Wildman–Crippen LogP) is 3.91. The van der Waals surface area contributed by atoms with Crippen molar-refractivity contribution < 1.29 is 18.3 Å². The number of furan rings is 2. The molecule has 3 aromatic carbocycles. The summed E-state index contributed by atoms with van der Waals surface area (Å²) in [6.07, 6.45) is 0. The molecule has 2 aromatic heterocycles. The van der Waals surface area contributed by atoms with Gasteiger partial charge in [-0.25, -0.2) is 0 Å². The van der Waals surface area contributed by atoms with E-state index in [1.54, 1.807) is 0 Å². The summed E-state index contributed by atoms with van der Waals surface area (Å²) in [5.41, 5.74) is 4.41. The second kappa shape index (κ2) is 4.57. The summed E-state index contributed by atoms with van der Waals surface area (Å²) in [5.74, 6) is 2.85. The third-order valence-corrected chi connectivity index (χ3v) is 5.46. The van der Waals surface area contributed by atoms with Crippen molar-refractivity contribution in [3.8, 4) is 23.2 Å². The molecule has 0 fully saturated rings. The Morgan fingerprint density at radius 2 is 1.30 bits per heavy atom.